The van der Waals surface area contributed by atoms with E-state index < -0.39 is 26.5 Å². The molecule has 0 unspecified atom stereocenters. The van der Waals surface area contributed by atoms with E-state index in [1.165, 1.54) is 22.5 Å². The van der Waals surface area contributed by atoms with Gasteiger partial charge in [0.2, 0.25) is 10.0 Å². The monoisotopic (exact) mass is 395 g/mol. The van der Waals surface area contributed by atoms with E-state index >= 15 is 0 Å². The Bertz CT molecular complexity index is 975. The number of benzene rings is 2. The van der Waals surface area contributed by atoms with E-state index in [9.17, 15) is 22.9 Å². The average Bonchev–Trinajstić information content (AvgIpc) is 2.65. The number of nitrogens with one attached hydrogen (secondary N) is 1. The van der Waals surface area contributed by atoms with E-state index in [-0.39, 0.29) is 36.9 Å². The number of sulfonamides is 1. The fourth-order valence-corrected chi connectivity index (χ4v) is 4.12. The fourth-order valence-electron chi connectivity index (χ4n) is 2.69. The van der Waals surface area contributed by atoms with Crippen LogP contribution in [0.2, 0.25) is 0 Å². The third-order valence-corrected chi connectivity index (χ3v) is 6.12. The minimum Gasteiger partial charge on any atom is -0.379 e. The number of anilines is 2. The van der Waals surface area contributed by atoms with Crippen molar-refractivity contribution in [2.24, 2.45) is 0 Å². The van der Waals surface area contributed by atoms with Crippen LogP contribution in [0.25, 0.3) is 0 Å². The standard InChI is InChI=1S/C17H18FN3O5S/c1-12-2-3-13(10-15(12)18)19-16-5-4-14(11-17(16)21(22)23)27(24,25)20-6-8-26-9-7-20/h2-5,10-11,19H,6-9H2,1H3. The Hall–Kier alpha value is -2.56. The number of nitro groups is 1. The maximum absolute atomic E-state index is 13.7. The SMILES string of the molecule is Cc1ccc(Nc2ccc(S(=O)(=O)N3CCOCC3)cc2[N+](=O)[O-])cc1F. The Kier molecular flexibility index (Phi) is 5.40. The average molecular weight is 395 g/mol. The summed E-state index contributed by atoms with van der Waals surface area (Å²) in [7, 11) is -3.86. The first-order chi connectivity index (χ1) is 12.8. The Morgan fingerprint density at radius 1 is 1.19 bits per heavy atom. The molecule has 1 aliphatic rings. The van der Waals surface area contributed by atoms with Gasteiger partial charge in [0, 0.05) is 24.8 Å². The molecule has 3 rings (SSSR count). The first-order valence-corrected chi connectivity index (χ1v) is 9.62. The van der Waals surface area contributed by atoms with Crippen molar-refractivity contribution in [3.63, 3.8) is 0 Å². The van der Waals surface area contributed by atoms with Crippen molar-refractivity contribution in [1.82, 2.24) is 4.31 Å². The Morgan fingerprint density at radius 3 is 2.52 bits per heavy atom. The Morgan fingerprint density at radius 2 is 1.89 bits per heavy atom. The highest BCUT2D eigenvalue weighted by Gasteiger charge is 2.28. The van der Waals surface area contributed by atoms with Crippen LogP contribution in [0.3, 0.4) is 0 Å². The van der Waals surface area contributed by atoms with E-state index in [1.807, 2.05) is 0 Å². The molecule has 0 radical (unpaired) electrons. The summed E-state index contributed by atoms with van der Waals surface area (Å²) in [6.07, 6.45) is 0. The van der Waals surface area contributed by atoms with Crippen molar-refractivity contribution in [3.05, 3.63) is 57.9 Å². The first kappa shape index (κ1) is 19.2. The topological polar surface area (TPSA) is 102 Å². The van der Waals surface area contributed by atoms with Crippen LogP contribution < -0.4 is 5.32 Å². The Labute approximate surface area is 155 Å². The van der Waals surface area contributed by atoms with Crippen molar-refractivity contribution >= 4 is 27.1 Å². The summed E-state index contributed by atoms with van der Waals surface area (Å²) in [5.74, 6) is -0.450. The summed E-state index contributed by atoms with van der Waals surface area (Å²) < 4.78 is 45.5. The fraction of sp³-hybridized carbons (Fsp3) is 0.294. The number of hydrogen-bond donors (Lipinski definition) is 1. The predicted octanol–water partition coefficient (Wildman–Crippen LogP) is 2.81. The highest BCUT2D eigenvalue weighted by molar-refractivity contribution is 7.89. The minimum absolute atomic E-state index is 0.0733. The molecule has 2 aromatic carbocycles. The summed E-state index contributed by atoms with van der Waals surface area (Å²) in [5.41, 5.74) is 0.432. The number of nitrogens with zero attached hydrogens (tertiary/aromatic N) is 2. The van der Waals surface area contributed by atoms with Crippen molar-refractivity contribution < 1.29 is 22.5 Å². The lowest BCUT2D eigenvalue weighted by molar-refractivity contribution is -0.384. The summed E-state index contributed by atoms with van der Waals surface area (Å²) >= 11 is 0. The zero-order valence-electron chi connectivity index (χ0n) is 14.5. The highest BCUT2D eigenvalue weighted by atomic mass is 32.2. The molecule has 1 saturated heterocycles. The molecule has 27 heavy (non-hydrogen) atoms. The van der Waals surface area contributed by atoms with Gasteiger partial charge in [0.1, 0.15) is 11.5 Å². The van der Waals surface area contributed by atoms with Crippen molar-refractivity contribution in [1.29, 1.82) is 0 Å². The quantitative estimate of drug-likeness (QED) is 0.617. The molecule has 1 fully saturated rings. The number of halogens is 1. The van der Waals surface area contributed by atoms with Crippen LogP contribution in [0, 0.1) is 22.9 Å². The number of hydrogen-bond acceptors (Lipinski definition) is 6. The molecule has 0 bridgehead atoms. The van der Waals surface area contributed by atoms with Gasteiger partial charge in [-0.1, -0.05) is 6.07 Å². The first-order valence-electron chi connectivity index (χ1n) is 8.18. The van der Waals surface area contributed by atoms with E-state index in [0.717, 1.165) is 6.07 Å². The molecular weight excluding hydrogens is 377 g/mol. The Balaban J connectivity index is 1.95. The minimum atomic E-state index is -3.86. The van der Waals surface area contributed by atoms with Gasteiger partial charge >= 0.3 is 0 Å². The molecule has 10 heteroatoms. The number of morpholine rings is 1. The molecule has 8 nitrogen and oxygen atoms in total. The highest BCUT2D eigenvalue weighted by Crippen LogP contribution is 2.31. The number of ether oxygens (including phenoxy) is 1. The van der Waals surface area contributed by atoms with Crippen LogP contribution in [0.15, 0.2) is 41.3 Å². The van der Waals surface area contributed by atoms with E-state index in [4.69, 9.17) is 4.74 Å². The van der Waals surface area contributed by atoms with Crippen molar-refractivity contribution in [2.75, 3.05) is 31.6 Å². The molecule has 1 aliphatic heterocycles. The van der Waals surface area contributed by atoms with Crippen LogP contribution in [-0.2, 0) is 14.8 Å². The maximum Gasteiger partial charge on any atom is 0.294 e. The second kappa shape index (κ2) is 7.59. The van der Waals surface area contributed by atoms with Crippen LogP contribution in [-0.4, -0.2) is 43.9 Å². The van der Waals surface area contributed by atoms with Gasteiger partial charge in [0.05, 0.1) is 23.0 Å². The summed E-state index contributed by atoms with van der Waals surface area (Å²) in [5, 5.41) is 14.2. The maximum atomic E-state index is 13.7. The summed E-state index contributed by atoms with van der Waals surface area (Å²) in [6.45, 7) is 2.55. The smallest absolute Gasteiger partial charge is 0.294 e. The molecule has 0 aromatic heterocycles. The summed E-state index contributed by atoms with van der Waals surface area (Å²) in [4.78, 5) is 10.6. The zero-order chi connectivity index (χ0) is 19.6. The van der Waals surface area contributed by atoms with Gasteiger partial charge in [0.15, 0.2) is 0 Å². The van der Waals surface area contributed by atoms with Gasteiger partial charge in [-0.15, -0.1) is 0 Å². The second-order valence-electron chi connectivity index (χ2n) is 6.04. The lowest BCUT2D eigenvalue weighted by Crippen LogP contribution is -2.40. The summed E-state index contributed by atoms with van der Waals surface area (Å²) in [6, 6.07) is 7.96. The molecule has 0 aliphatic carbocycles. The number of aryl methyl sites for hydroxylation is 1. The van der Waals surface area contributed by atoms with Crippen molar-refractivity contribution in [2.45, 2.75) is 11.8 Å². The van der Waals surface area contributed by atoms with Crippen LogP contribution in [0.5, 0.6) is 0 Å². The third-order valence-electron chi connectivity index (χ3n) is 4.22. The van der Waals surface area contributed by atoms with Gasteiger partial charge < -0.3 is 10.1 Å². The zero-order valence-corrected chi connectivity index (χ0v) is 15.3. The molecule has 2 aromatic rings. The van der Waals surface area contributed by atoms with E-state index in [2.05, 4.69) is 5.32 Å². The molecular formula is C17H18FN3O5S. The van der Waals surface area contributed by atoms with Gasteiger partial charge in [-0.3, -0.25) is 10.1 Å². The third kappa shape index (κ3) is 4.07. The number of nitro benzene ring substituents is 1. The van der Waals surface area contributed by atoms with Crippen molar-refractivity contribution in [3.8, 4) is 0 Å². The lowest BCUT2D eigenvalue weighted by Gasteiger charge is -2.26. The second-order valence-corrected chi connectivity index (χ2v) is 7.98. The molecule has 0 saturated carbocycles. The van der Waals surface area contributed by atoms with Crippen LogP contribution in [0.4, 0.5) is 21.5 Å². The normalized spacial score (nSPS) is 15.5. The van der Waals surface area contributed by atoms with Gasteiger partial charge in [-0.25, -0.2) is 12.8 Å². The van der Waals surface area contributed by atoms with E-state index in [0.29, 0.717) is 11.3 Å². The molecule has 0 amide bonds. The molecule has 1 N–H and O–H groups in total. The molecule has 144 valence electrons. The van der Waals surface area contributed by atoms with Gasteiger partial charge in [-0.05, 0) is 36.8 Å². The van der Waals surface area contributed by atoms with E-state index in [1.54, 1.807) is 19.1 Å². The van der Waals surface area contributed by atoms with Gasteiger partial charge in [0.25, 0.3) is 5.69 Å². The molecule has 1 heterocycles. The van der Waals surface area contributed by atoms with Crippen LogP contribution >= 0.6 is 0 Å². The van der Waals surface area contributed by atoms with Crippen LogP contribution in [0.1, 0.15) is 5.56 Å². The largest absolute Gasteiger partial charge is 0.379 e. The lowest BCUT2D eigenvalue weighted by atomic mass is 10.2. The molecule has 0 atom stereocenters. The number of rotatable bonds is 5. The van der Waals surface area contributed by atoms with Gasteiger partial charge in [-0.2, -0.15) is 4.31 Å². The predicted molar refractivity (Wildman–Crippen MR) is 97.1 cm³/mol. The molecule has 0 spiro atoms.